The van der Waals surface area contributed by atoms with Gasteiger partial charge in [0.05, 0.1) is 16.6 Å². The molecule has 4 aromatic rings. The van der Waals surface area contributed by atoms with Crippen LogP contribution < -0.4 is 5.73 Å². The van der Waals surface area contributed by atoms with Gasteiger partial charge in [-0.05, 0) is 30.2 Å². The highest BCUT2D eigenvalue weighted by atomic mass is 35.5. The molecule has 0 aliphatic carbocycles. The normalized spacial score (nSPS) is 10.5. The van der Waals surface area contributed by atoms with Crippen molar-refractivity contribution in [2.75, 3.05) is 5.73 Å². The lowest BCUT2D eigenvalue weighted by molar-refractivity contribution is 1.28. The fraction of sp³-hybridized carbons (Fsp3) is 0.0526. The van der Waals surface area contributed by atoms with Crippen molar-refractivity contribution in [2.24, 2.45) is 0 Å². The predicted molar refractivity (Wildman–Crippen MR) is 101 cm³/mol. The summed E-state index contributed by atoms with van der Waals surface area (Å²) in [5, 5.41) is 0. The number of aromatic amines is 1. The molecule has 0 aliphatic heterocycles. The maximum atomic E-state index is 6.09. The minimum Gasteiger partial charge on any atom is -0.383 e. The van der Waals surface area contributed by atoms with Crippen LogP contribution in [0.4, 0.5) is 5.82 Å². The molecule has 2 aromatic heterocycles. The molecule has 0 atom stereocenters. The standard InChI is InChI=1S/C19H16N4.ClH/c1-12-6-5-9-16-17(12)23-19(22-16)15-10-14(11-21-18(15)20)13-7-3-2-4-8-13;/h2-11H,1H3,(H2,20,21)(H,22,23);1H. The van der Waals surface area contributed by atoms with Crippen LogP contribution in [0, 0.1) is 6.92 Å². The maximum absolute atomic E-state index is 6.09. The summed E-state index contributed by atoms with van der Waals surface area (Å²) < 4.78 is 0. The average molecular weight is 337 g/mol. The second-order valence-corrected chi connectivity index (χ2v) is 5.58. The molecule has 0 spiro atoms. The molecule has 4 rings (SSSR count). The van der Waals surface area contributed by atoms with Crippen molar-refractivity contribution in [2.45, 2.75) is 6.92 Å². The number of aromatic nitrogens is 3. The highest BCUT2D eigenvalue weighted by molar-refractivity contribution is 5.85. The lowest BCUT2D eigenvalue weighted by Gasteiger charge is -2.06. The zero-order chi connectivity index (χ0) is 15.8. The third kappa shape index (κ3) is 2.72. The van der Waals surface area contributed by atoms with E-state index in [-0.39, 0.29) is 12.4 Å². The molecular weight excluding hydrogens is 320 g/mol. The monoisotopic (exact) mass is 336 g/mol. The van der Waals surface area contributed by atoms with Gasteiger partial charge < -0.3 is 10.7 Å². The Bertz CT molecular complexity index is 993. The number of imidazole rings is 1. The van der Waals surface area contributed by atoms with Gasteiger partial charge in [-0.3, -0.25) is 0 Å². The number of aryl methyl sites for hydroxylation is 1. The second-order valence-electron chi connectivity index (χ2n) is 5.58. The number of hydrogen-bond donors (Lipinski definition) is 2. The van der Waals surface area contributed by atoms with E-state index >= 15 is 0 Å². The number of halogens is 1. The largest absolute Gasteiger partial charge is 0.383 e. The van der Waals surface area contributed by atoms with E-state index in [4.69, 9.17) is 10.7 Å². The minimum atomic E-state index is 0. The van der Waals surface area contributed by atoms with E-state index in [1.165, 1.54) is 0 Å². The number of fused-ring (bicyclic) bond motifs is 1. The summed E-state index contributed by atoms with van der Waals surface area (Å²) in [5.74, 6) is 1.22. The molecule has 0 amide bonds. The van der Waals surface area contributed by atoms with Crippen molar-refractivity contribution in [3.05, 3.63) is 66.4 Å². The van der Waals surface area contributed by atoms with Crippen LogP contribution in [-0.4, -0.2) is 15.0 Å². The topological polar surface area (TPSA) is 67.6 Å². The third-order valence-electron chi connectivity index (χ3n) is 4.00. The smallest absolute Gasteiger partial charge is 0.142 e. The number of nitrogens with zero attached hydrogens (tertiary/aromatic N) is 2. The molecule has 0 bridgehead atoms. The van der Waals surface area contributed by atoms with Crippen LogP contribution >= 0.6 is 12.4 Å². The second kappa shape index (κ2) is 6.34. The van der Waals surface area contributed by atoms with Gasteiger partial charge in [-0.2, -0.15) is 0 Å². The van der Waals surface area contributed by atoms with Crippen LogP contribution in [0.3, 0.4) is 0 Å². The molecule has 4 nitrogen and oxygen atoms in total. The Labute approximate surface area is 146 Å². The summed E-state index contributed by atoms with van der Waals surface area (Å²) in [6.07, 6.45) is 1.79. The van der Waals surface area contributed by atoms with Crippen LogP contribution in [0.25, 0.3) is 33.5 Å². The minimum absolute atomic E-state index is 0. The molecule has 2 aromatic carbocycles. The van der Waals surface area contributed by atoms with Crippen LogP contribution in [0.1, 0.15) is 5.56 Å². The number of pyridine rings is 1. The molecule has 5 heteroatoms. The Morgan fingerprint density at radius 3 is 2.50 bits per heavy atom. The average Bonchev–Trinajstić information content (AvgIpc) is 3.01. The number of rotatable bonds is 2. The molecule has 0 aliphatic rings. The highest BCUT2D eigenvalue weighted by Crippen LogP contribution is 2.29. The quantitative estimate of drug-likeness (QED) is 0.562. The van der Waals surface area contributed by atoms with E-state index < -0.39 is 0 Å². The molecule has 0 radical (unpaired) electrons. The van der Waals surface area contributed by atoms with Crippen molar-refractivity contribution in [3.8, 4) is 22.5 Å². The molecular formula is C19H17ClN4. The van der Waals surface area contributed by atoms with Crippen LogP contribution in [0.5, 0.6) is 0 Å². The Balaban J connectivity index is 0.00000169. The van der Waals surface area contributed by atoms with Crippen LogP contribution in [-0.2, 0) is 0 Å². The van der Waals surface area contributed by atoms with Crippen molar-refractivity contribution >= 4 is 29.3 Å². The molecule has 0 saturated heterocycles. The molecule has 3 N–H and O–H groups in total. The number of nitrogens with one attached hydrogen (secondary N) is 1. The van der Waals surface area contributed by atoms with E-state index in [1.807, 2.05) is 36.4 Å². The van der Waals surface area contributed by atoms with Crippen molar-refractivity contribution < 1.29 is 0 Å². The summed E-state index contributed by atoms with van der Waals surface area (Å²) in [6.45, 7) is 2.05. The first-order chi connectivity index (χ1) is 11.2. The van der Waals surface area contributed by atoms with Gasteiger partial charge in [0.25, 0.3) is 0 Å². The van der Waals surface area contributed by atoms with E-state index in [0.29, 0.717) is 5.82 Å². The van der Waals surface area contributed by atoms with Crippen molar-refractivity contribution in [3.63, 3.8) is 0 Å². The van der Waals surface area contributed by atoms with E-state index in [1.54, 1.807) is 6.20 Å². The number of para-hydroxylation sites is 1. The SMILES string of the molecule is Cc1cccc2[nH]c(-c3cc(-c4ccccc4)cnc3N)nc12.Cl. The van der Waals surface area contributed by atoms with Crippen molar-refractivity contribution in [1.82, 2.24) is 15.0 Å². The van der Waals surface area contributed by atoms with Gasteiger partial charge in [0.2, 0.25) is 0 Å². The Morgan fingerprint density at radius 2 is 1.75 bits per heavy atom. The molecule has 120 valence electrons. The Morgan fingerprint density at radius 1 is 0.958 bits per heavy atom. The van der Waals surface area contributed by atoms with E-state index in [2.05, 4.69) is 35.1 Å². The summed E-state index contributed by atoms with van der Waals surface area (Å²) >= 11 is 0. The lowest BCUT2D eigenvalue weighted by atomic mass is 10.1. The third-order valence-corrected chi connectivity index (χ3v) is 4.00. The van der Waals surface area contributed by atoms with E-state index in [0.717, 1.165) is 39.1 Å². The van der Waals surface area contributed by atoms with Crippen LogP contribution in [0.2, 0.25) is 0 Å². The van der Waals surface area contributed by atoms with Gasteiger partial charge in [-0.1, -0.05) is 42.5 Å². The molecule has 0 fully saturated rings. The summed E-state index contributed by atoms with van der Waals surface area (Å²) in [5.41, 5.74) is 12.1. The molecule has 0 saturated carbocycles. The maximum Gasteiger partial charge on any atom is 0.142 e. The van der Waals surface area contributed by atoms with Gasteiger partial charge >= 0.3 is 0 Å². The summed E-state index contributed by atoms with van der Waals surface area (Å²) in [7, 11) is 0. The zero-order valence-corrected chi connectivity index (χ0v) is 14.0. The van der Waals surface area contributed by atoms with Gasteiger partial charge in [0.1, 0.15) is 11.6 Å². The molecule has 0 unspecified atom stereocenters. The Hall–Kier alpha value is -2.85. The Kier molecular flexibility index (Phi) is 4.23. The first-order valence-electron chi connectivity index (χ1n) is 7.49. The van der Waals surface area contributed by atoms with Gasteiger partial charge in [0.15, 0.2) is 0 Å². The molecule has 24 heavy (non-hydrogen) atoms. The summed E-state index contributed by atoms with van der Waals surface area (Å²) in [6, 6.07) is 18.2. The van der Waals surface area contributed by atoms with Crippen molar-refractivity contribution in [1.29, 1.82) is 0 Å². The highest BCUT2D eigenvalue weighted by Gasteiger charge is 2.12. The lowest BCUT2D eigenvalue weighted by Crippen LogP contribution is -1.96. The number of hydrogen-bond acceptors (Lipinski definition) is 3. The predicted octanol–water partition coefficient (Wildman–Crippen LogP) is 4.60. The number of H-pyrrole nitrogens is 1. The number of benzene rings is 2. The van der Waals surface area contributed by atoms with Crippen LogP contribution in [0.15, 0.2) is 60.8 Å². The van der Waals surface area contributed by atoms with E-state index in [9.17, 15) is 0 Å². The first kappa shape index (κ1) is 16.0. The van der Waals surface area contributed by atoms with Gasteiger partial charge in [-0.15, -0.1) is 12.4 Å². The number of nitrogen functional groups attached to an aromatic ring is 1. The fourth-order valence-electron chi connectivity index (χ4n) is 2.76. The van der Waals surface area contributed by atoms with Gasteiger partial charge in [0, 0.05) is 11.8 Å². The summed E-state index contributed by atoms with van der Waals surface area (Å²) in [4.78, 5) is 12.4. The first-order valence-corrected chi connectivity index (χ1v) is 7.49. The zero-order valence-electron chi connectivity index (χ0n) is 13.2. The van der Waals surface area contributed by atoms with Gasteiger partial charge in [-0.25, -0.2) is 9.97 Å². The number of anilines is 1. The fourth-order valence-corrected chi connectivity index (χ4v) is 2.76. The molecule has 2 heterocycles. The number of nitrogens with two attached hydrogens (primary N) is 1.